The van der Waals surface area contributed by atoms with Gasteiger partial charge in [-0.1, -0.05) is 66.7 Å². The normalized spacial score (nSPS) is 11.3. The Hall–Kier alpha value is -3.28. The van der Waals surface area contributed by atoms with Crippen LogP contribution in [0.15, 0.2) is 84.9 Å². The van der Waals surface area contributed by atoms with Gasteiger partial charge >= 0.3 is 6.18 Å². The summed E-state index contributed by atoms with van der Waals surface area (Å²) in [5.41, 5.74) is 0.942. The highest BCUT2D eigenvalue weighted by Gasteiger charge is 2.30. The van der Waals surface area contributed by atoms with Gasteiger partial charge in [-0.05, 0) is 29.3 Å². The molecule has 3 aromatic carbocycles. The smallest absolute Gasteiger partial charge is 0.416 e. The van der Waals surface area contributed by atoms with E-state index in [1.165, 1.54) is 12.1 Å². The van der Waals surface area contributed by atoms with Crippen LogP contribution in [0, 0.1) is 0 Å². The topological polar surface area (TPSA) is 38.3 Å². The van der Waals surface area contributed by atoms with Gasteiger partial charge in [-0.15, -0.1) is 0 Å². The van der Waals surface area contributed by atoms with Gasteiger partial charge in [-0.3, -0.25) is 4.79 Å². The van der Waals surface area contributed by atoms with E-state index in [9.17, 15) is 18.0 Å². The largest absolute Gasteiger partial charge is 0.492 e. The quantitative estimate of drug-likeness (QED) is 0.566. The van der Waals surface area contributed by atoms with E-state index in [2.05, 4.69) is 5.32 Å². The minimum Gasteiger partial charge on any atom is -0.492 e. The molecule has 0 fully saturated rings. The van der Waals surface area contributed by atoms with Crippen LogP contribution in [-0.4, -0.2) is 19.1 Å². The number of ether oxygens (including phenoxy) is 1. The van der Waals surface area contributed by atoms with Crippen molar-refractivity contribution in [1.82, 2.24) is 5.32 Å². The molecular formula is C23H20F3NO2. The van der Waals surface area contributed by atoms with E-state index < -0.39 is 17.7 Å². The molecule has 0 aromatic heterocycles. The maximum atomic E-state index is 12.8. The van der Waals surface area contributed by atoms with Crippen LogP contribution in [0.5, 0.6) is 5.75 Å². The molecule has 0 unspecified atom stereocenters. The molecule has 0 atom stereocenters. The molecule has 1 amide bonds. The Morgan fingerprint density at radius 3 is 2.00 bits per heavy atom. The van der Waals surface area contributed by atoms with Crippen LogP contribution in [0.1, 0.15) is 22.6 Å². The fourth-order valence-electron chi connectivity index (χ4n) is 2.99. The first-order valence-electron chi connectivity index (χ1n) is 9.13. The van der Waals surface area contributed by atoms with Crippen LogP contribution in [0.2, 0.25) is 0 Å². The van der Waals surface area contributed by atoms with Crippen molar-refractivity contribution in [2.24, 2.45) is 0 Å². The molecule has 0 saturated heterocycles. The van der Waals surface area contributed by atoms with Gasteiger partial charge < -0.3 is 10.1 Å². The van der Waals surface area contributed by atoms with Crippen molar-refractivity contribution in [3.63, 3.8) is 0 Å². The van der Waals surface area contributed by atoms with Crippen molar-refractivity contribution < 1.29 is 22.7 Å². The van der Waals surface area contributed by atoms with E-state index in [-0.39, 0.29) is 24.8 Å². The Labute approximate surface area is 167 Å². The van der Waals surface area contributed by atoms with Crippen molar-refractivity contribution in [1.29, 1.82) is 0 Å². The Kier molecular flexibility index (Phi) is 6.54. The van der Waals surface area contributed by atoms with Gasteiger partial charge in [0, 0.05) is 0 Å². The molecule has 0 spiro atoms. The number of carbonyl (C=O) groups is 1. The van der Waals surface area contributed by atoms with Gasteiger partial charge in [0.2, 0.25) is 5.91 Å². The van der Waals surface area contributed by atoms with E-state index in [0.29, 0.717) is 0 Å². The molecule has 3 rings (SSSR count). The first-order chi connectivity index (χ1) is 13.9. The van der Waals surface area contributed by atoms with Crippen molar-refractivity contribution in [3.05, 3.63) is 102 Å². The van der Waals surface area contributed by atoms with E-state index in [4.69, 9.17) is 4.74 Å². The summed E-state index contributed by atoms with van der Waals surface area (Å²) in [6, 6.07) is 23.5. The van der Waals surface area contributed by atoms with Crippen LogP contribution in [0.25, 0.3) is 0 Å². The number of benzene rings is 3. The van der Waals surface area contributed by atoms with E-state index in [1.54, 1.807) is 0 Å². The summed E-state index contributed by atoms with van der Waals surface area (Å²) in [6.45, 7) is 0.231. The number of carbonyl (C=O) groups excluding carboxylic acids is 1. The minimum absolute atomic E-state index is 0.0589. The number of nitrogens with one attached hydrogen (secondary N) is 1. The minimum atomic E-state index is -4.42. The molecule has 150 valence electrons. The lowest BCUT2D eigenvalue weighted by Crippen LogP contribution is -2.33. The number of halogens is 3. The molecule has 0 heterocycles. The molecule has 1 N–H and O–H groups in total. The molecule has 0 aliphatic rings. The third-order valence-electron chi connectivity index (χ3n) is 4.36. The average molecular weight is 399 g/mol. The lowest BCUT2D eigenvalue weighted by atomic mass is 9.90. The first kappa shape index (κ1) is 20.5. The fourth-order valence-corrected chi connectivity index (χ4v) is 2.99. The van der Waals surface area contributed by atoms with Crippen molar-refractivity contribution in [3.8, 4) is 5.75 Å². The van der Waals surface area contributed by atoms with Gasteiger partial charge in [0.15, 0.2) is 0 Å². The highest BCUT2D eigenvalue weighted by molar-refractivity contribution is 5.87. The van der Waals surface area contributed by atoms with E-state index in [0.717, 1.165) is 23.3 Å². The Morgan fingerprint density at radius 2 is 1.45 bits per heavy atom. The summed E-state index contributed by atoms with van der Waals surface area (Å²) < 4.78 is 43.7. The molecule has 0 radical (unpaired) electrons. The van der Waals surface area contributed by atoms with Crippen LogP contribution in [-0.2, 0) is 11.0 Å². The second-order valence-corrected chi connectivity index (χ2v) is 6.42. The van der Waals surface area contributed by atoms with Crippen molar-refractivity contribution in [2.45, 2.75) is 12.1 Å². The molecule has 0 aliphatic carbocycles. The number of amides is 1. The molecule has 0 bridgehead atoms. The van der Waals surface area contributed by atoms with Crippen LogP contribution >= 0.6 is 0 Å². The van der Waals surface area contributed by atoms with Crippen LogP contribution in [0.4, 0.5) is 13.2 Å². The Morgan fingerprint density at radius 1 is 0.862 bits per heavy atom. The summed E-state index contributed by atoms with van der Waals surface area (Å²) in [4.78, 5) is 12.8. The van der Waals surface area contributed by atoms with Gasteiger partial charge in [-0.25, -0.2) is 0 Å². The Bertz CT molecular complexity index is 888. The highest BCUT2D eigenvalue weighted by Crippen LogP contribution is 2.31. The van der Waals surface area contributed by atoms with Crippen molar-refractivity contribution >= 4 is 5.91 Å². The Balaban J connectivity index is 1.61. The van der Waals surface area contributed by atoms with Gasteiger partial charge in [0.25, 0.3) is 0 Å². The molecular weight excluding hydrogens is 379 g/mol. The SMILES string of the molecule is O=C(NCCOc1cccc(C(F)(F)F)c1)C(c1ccccc1)c1ccccc1. The lowest BCUT2D eigenvalue weighted by Gasteiger charge is -2.18. The fraction of sp³-hybridized carbons (Fsp3) is 0.174. The standard InChI is InChI=1S/C23H20F3NO2/c24-23(25,26)19-12-7-13-20(16-19)29-15-14-27-22(28)21(17-8-3-1-4-9-17)18-10-5-2-6-11-18/h1-13,16,21H,14-15H2,(H,27,28). The van der Waals surface area contributed by atoms with Crippen molar-refractivity contribution in [2.75, 3.05) is 13.2 Å². The monoisotopic (exact) mass is 399 g/mol. The maximum Gasteiger partial charge on any atom is 0.416 e. The molecule has 3 aromatic rings. The molecule has 6 heteroatoms. The highest BCUT2D eigenvalue weighted by atomic mass is 19.4. The van der Waals surface area contributed by atoms with Gasteiger partial charge in [0.05, 0.1) is 18.0 Å². The summed E-state index contributed by atoms with van der Waals surface area (Å²) in [6.07, 6.45) is -4.42. The zero-order chi connectivity index (χ0) is 20.7. The van der Waals surface area contributed by atoms with Crippen LogP contribution < -0.4 is 10.1 Å². The number of hydrogen-bond acceptors (Lipinski definition) is 2. The zero-order valence-corrected chi connectivity index (χ0v) is 15.5. The third-order valence-corrected chi connectivity index (χ3v) is 4.36. The summed E-state index contributed by atoms with van der Waals surface area (Å²) >= 11 is 0. The van der Waals surface area contributed by atoms with E-state index in [1.807, 2.05) is 60.7 Å². The first-order valence-corrected chi connectivity index (χ1v) is 9.13. The van der Waals surface area contributed by atoms with Gasteiger partial charge in [-0.2, -0.15) is 13.2 Å². The number of alkyl halides is 3. The second-order valence-electron chi connectivity index (χ2n) is 6.42. The molecule has 0 saturated carbocycles. The summed E-state index contributed by atoms with van der Waals surface area (Å²) in [7, 11) is 0. The van der Waals surface area contributed by atoms with E-state index >= 15 is 0 Å². The number of rotatable bonds is 7. The maximum absolute atomic E-state index is 12.8. The zero-order valence-electron chi connectivity index (χ0n) is 15.5. The van der Waals surface area contributed by atoms with Crippen LogP contribution in [0.3, 0.4) is 0 Å². The predicted octanol–water partition coefficient (Wildman–Crippen LogP) is 5.03. The molecule has 3 nitrogen and oxygen atoms in total. The third kappa shape index (κ3) is 5.60. The second kappa shape index (κ2) is 9.28. The average Bonchev–Trinajstić information content (AvgIpc) is 2.73. The lowest BCUT2D eigenvalue weighted by molar-refractivity contribution is -0.137. The summed E-state index contributed by atoms with van der Waals surface area (Å²) in [5, 5.41) is 2.81. The molecule has 29 heavy (non-hydrogen) atoms. The predicted molar refractivity (Wildman–Crippen MR) is 105 cm³/mol. The van der Waals surface area contributed by atoms with Gasteiger partial charge in [0.1, 0.15) is 12.4 Å². The number of hydrogen-bond donors (Lipinski definition) is 1. The summed E-state index contributed by atoms with van der Waals surface area (Å²) in [5.74, 6) is -0.572. The molecule has 0 aliphatic heterocycles.